The fraction of sp³-hybridized carbons (Fsp3) is 0.316. The summed E-state index contributed by atoms with van der Waals surface area (Å²) in [5.74, 6) is 0.540. The molecule has 5 heteroatoms. The predicted molar refractivity (Wildman–Crippen MR) is 92.4 cm³/mol. The first-order valence-electron chi connectivity index (χ1n) is 7.79. The number of benzene rings is 2. The summed E-state index contributed by atoms with van der Waals surface area (Å²) in [5, 5.41) is 2.56. The number of amides is 1. The highest BCUT2D eigenvalue weighted by Crippen LogP contribution is 2.29. The number of carbonyl (C=O) groups is 1. The zero-order valence-electron chi connectivity index (χ0n) is 14.4. The molecule has 0 fully saturated rings. The maximum Gasteiger partial charge on any atom is 0.255 e. The Morgan fingerprint density at radius 1 is 1.17 bits per heavy atom. The van der Waals surface area contributed by atoms with Gasteiger partial charge in [-0.05, 0) is 48.7 Å². The summed E-state index contributed by atoms with van der Waals surface area (Å²) in [6, 6.07) is 9.54. The molecule has 2 aromatic carbocycles. The third-order valence-corrected chi connectivity index (χ3v) is 3.37. The van der Waals surface area contributed by atoms with Gasteiger partial charge >= 0.3 is 0 Å². The average molecular weight is 331 g/mol. The molecular formula is C19H22FNO3. The predicted octanol–water partition coefficient (Wildman–Crippen LogP) is 4.43. The Morgan fingerprint density at radius 2 is 1.92 bits per heavy atom. The Hall–Kier alpha value is -2.56. The molecule has 1 amide bonds. The first kappa shape index (κ1) is 17.8. The number of hydrogen-bond acceptors (Lipinski definition) is 3. The minimum Gasteiger partial charge on any atom is -0.493 e. The minimum atomic E-state index is -0.466. The molecule has 0 heterocycles. The minimum absolute atomic E-state index is 0.143. The molecule has 0 aliphatic heterocycles. The Kier molecular flexibility index (Phi) is 5.79. The second-order valence-corrected chi connectivity index (χ2v) is 6.01. The maximum absolute atomic E-state index is 13.9. The molecular weight excluding hydrogens is 309 g/mol. The normalized spacial score (nSPS) is 10.6. The quantitative estimate of drug-likeness (QED) is 0.852. The van der Waals surface area contributed by atoms with E-state index in [0.29, 0.717) is 29.6 Å². The SMILES string of the molecule is COc1cc(C(=O)Nc2ccc(C)cc2F)ccc1OCC(C)C. The van der Waals surface area contributed by atoms with Gasteiger partial charge in [-0.3, -0.25) is 4.79 Å². The van der Waals surface area contributed by atoms with Crippen LogP contribution in [0.2, 0.25) is 0 Å². The molecule has 4 nitrogen and oxygen atoms in total. The lowest BCUT2D eigenvalue weighted by atomic mass is 10.1. The van der Waals surface area contributed by atoms with E-state index in [0.717, 1.165) is 5.56 Å². The number of carbonyl (C=O) groups excluding carboxylic acids is 1. The summed E-state index contributed by atoms with van der Waals surface area (Å²) >= 11 is 0. The van der Waals surface area contributed by atoms with Crippen molar-refractivity contribution in [1.29, 1.82) is 0 Å². The smallest absolute Gasteiger partial charge is 0.255 e. The molecule has 2 rings (SSSR count). The zero-order chi connectivity index (χ0) is 17.7. The molecule has 128 valence electrons. The number of ether oxygens (including phenoxy) is 2. The first-order chi connectivity index (χ1) is 11.4. The van der Waals surface area contributed by atoms with E-state index >= 15 is 0 Å². The third-order valence-electron chi connectivity index (χ3n) is 3.37. The van der Waals surface area contributed by atoms with Gasteiger partial charge in [-0.1, -0.05) is 19.9 Å². The Bertz CT molecular complexity index is 729. The summed E-state index contributed by atoms with van der Waals surface area (Å²) in [6.07, 6.45) is 0. The summed E-state index contributed by atoms with van der Waals surface area (Å²) in [5.41, 5.74) is 1.30. The highest BCUT2D eigenvalue weighted by atomic mass is 19.1. The molecule has 0 saturated carbocycles. The number of aryl methyl sites for hydroxylation is 1. The van der Waals surface area contributed by atoms with Gasteiger partial charge in [-0.2, -0.15) is 0 Å². The molecule has 2 aromatic rings. The van der Waals surface area contributed by atoms with Crippen LogP contribution in [0.1, 0.15) is 29.8 Å². The molecule has 0 aliphatic rings. The van der Waals surface area contributed by atoms with Gasteiger partial charge in [0.25, 0.3) is 5.91 Å². The molecule has 0 spiro atoms. The summed E-state index contributed by atoms with van der Waals surface area (Å²) in [7, 11) is 1.51. The summed E-state index contributed by atoms with van der Waals surface area (Å²) in [4.78, 5) is 12.3. The van der Waals surface area contributed by atoms with Crippen LogP contribution in [0.5, 0.6) is 11.5 Å². The van der Waals surface area contributed by atoms with Crippen molar-refractivity contribution >= 4 is 11.6 Å². The van der Waals surface area contributed by atoms with Crippen molar-refractivity contribution in [2.75, 3.05) is 19.0 Å². The lowest BCUT2D eigenvalue weighted by Crippen LogP contribution is -2.13. The number of anilines is 1. The summed E-state index contributed by atoms with van der Waals surface area (Å²) in [6.45, 7) is 6.43. The van der Waals surface area contributed by atoms with Gasteiger partial charge in [0.05, 0.1) is 19.4 Å². The second-order valence-electron chi connectivity index (χ2n) is 6.01. The van der Waals surface area contributed by atoms with Crippen molar-refractivity contribution in [2.45, 2.75) is 20.8 Å². The Balaban J connectivity index is 2.17. The van der Waals surface area contributed by atoms with E-state index in [1.807, 2.05) is 13.8 Å². The lowest BCUT2D eigenvalue weighted by molar-refractivity contribution is 0.102. The van der Waals surface area contributed by atoms with Crippen molar-refractivity contribution in [2.24, 2.45) is 5.92 Å². The van der Waals surface area contributed by atoms with Gasteiger partial charge in [0.2, 0.25) is 0 Å². The van der Waals surface area contributed by atoms with E-state index < -0.39 is 11.7 Å². The van der Waals surface area contributed by atoms with Crippen molar-refractivity contribution < 1.29 is 18.7 Å². The van der Waals surface area contributed by atoms with Gasteiger partial charge in [0.1, 0.15) is 5.82 Å². The van der Waals surface area contributed by atoms with E-state index in [-0.39, 0.29) is 5.69 Å². The standard InChI is InChI=1S/C19H22FNO3/c1-12(2)11-24-17-8-6-14(10-18(17)23-4)19(22)21-16-7-5-13(3)9-15(16)20/h5-10,12H,11H2,1-4H3,(H,21,22). The van der Waals surface area contributed by atoms with Crippen molar-refractivity contribution in [3.8, 4) is 11.5 Å². The van der Waals surface area contributed by atoms with E-state index in [4.69, 9.17) is 9.47 Å². The molecule has 0 bridgehead atoms. The number of hydrogen-bond donors (Lipinski definition) is 1. The Morgan fingerprint density at radius 3 is 2.54 bits per heavy atom. The van der Waals surface area contributed by atoms with Crippen molar-refractivity contribution in [3.05, 3.63) is 53.3 Å². The van der Waals surface area contributed by atoms with Crippen LogP contribution in [0, 0.1) is 18.7 Å². The van der Waals surface area contributed by atoms with E-state index in [1.54, 1.807) is 37.3 Å². The van der Waals surface area contributed by atoms with Crippen LogP contribution >= 0.6 is 0 Å². The first-order valence-corrected chi connectivity index (χ1v) is 7.79. The van der Waals surface area contributed by atoms with Crippen LogP contribution in [-0.2, 0) is 0 Å². The van der Waals surface area contributed by atoms with Gasteiger partial charge in [-0.25, -0.2) is 4.39 Å². The molecule has 0 aliphatic carbocycles. The van der Waals surface area contributed by atoms with Crippen LogP contribution in [0.4, 0.5) is 10.1 Å². The number of halogens is 1. The monoisotopic (exact) mass is 331 g/mol. The van der Waals surface area contributed by atoms with Crippen LogP contribution in [-0.4, -0.2) is 19.6 Å². The average Bonchev–Trinajstić information content (AvgIpc) is 2.55. The fourth-order valence-electron chi connectivity index (χ4n) is 2.10. The van der Waals surface area contributed by atoms with Crippen molar-refractivity contribution in [3.63, 3.8) is 0 Å². The van der Waals surface area contributed by atoms with Crippen LogP contribution < -0.4 is 14.8 Å². The molecule has 0 aromatic heterocycles. The van der Waals surface area contributed by atoms with Crippen LogP contribution in [0.3, 0.4) is 0 Å². The molecule has 0 radical (unpaired) electrons. The topological polar surface area (TPSA) is 47.6 Å². The van der Waals surface area contributed by atoms with Gasteiger partial charge < -0.3 is 14.8 Å². The Labute approximate surface area is 141 Å². The van der Waals surface area contributed by atoms with E-state index in [9.17, 15) is 9.18 Å². The number of nitrogens with one attached hydrogen (secondary N) is 1. The van der Waals surface area contributed by atoms with E-state index in [2.05, 4.69) is 5.32 Å². The number of rotatable bonds is 6. The molecule has 24 heavy (non-hydrogen) atoms. The molecule has 0 saturated heterocycles. The largest absolute Gasteiger partial charge is 0.493 e. The highest BCUT2D eigenvalue weighted by molar-refractivity contribution is 6.04. The summed E-state index contributed by atoms with van der Waals surface area (Å²) < 4.78 is 24.8. The van der Waals surface area contributed by atoms with Crippen LogP contribution in [0.25, 0.3) is 0 Å². The van der Waals surface area contributed by atoms with Gasteiger partial charge in [0.15, 0.2) is 11.5 Å². The van der Waals surface area contributed by atoms with Gasteiger partial charge in [0, 0.05) is 5.56 Å². The third kappa shape index (κ3) is 4.47. The lowest BCUT2D eigenvalue weighted by Gasteiger charge is -2.14. The second kappa shape index (κ2) is 7.81. The molecule has 0 unspecified atom stereocenters. The van der Waals surface area contributed by atoms with Crippen LogP contribution in [0.15, 0.2) is 36.4 Å². The maximum atomic E-state index is 13.9. The zero-order valence-corrected chi connectivity index (χ0v) is 14.4. The molecule has 1 N–H and O–H groups in total. The number of methoxy groups -OCH3 is 1. The van der Waals surface area contributed by atoms with Crippen molar-refractivity contribution in [1.82, 2.24) is 0 Å². The van der Waals surface area contributed by atoms with Gasteiger partial charge in [-0.15, -0.1) is 0 Å². The highest BCUT2D eigenvalue weighted by Gasteiger charge is 2.13. The van der Waals surface area contributed by atoms with E-state index in [1.165, 1.54) is 13.2 Å². The molecule has 0 atom stereocenters. The fourth-order valence-corrected chi connectivity index (χ4v) is 2.10.